The minimum atomic E-state index is -1.23. The zero-order valence-electron chi connectivity index (χ0n) is 8.50. The van der Waals surface area contributed by atoms with E-state index in [1.807, 2.05) is 0 Å². The molecule has 0 heterocycles. The van der Waals surface area contributed by atoms with E-state index in [4.69, 9.17) is 10.2 Å². The molecule has 0 aliphatic heterocycles. The van der Waals surface area contributed by atoms with Crippen LogP contribution in [0.3, 0.4) is 0 Å². The van der Waals surface area contributed by atoms with Gasteiger partial charge in [0.15, 0.2) is 0 Å². The molecule has 1 atom stereocenters. The van der Waals surface area contributed by atoms with E-state index in [9.17, 15) is 4.79 Å². The summed E-state index contributed by atoms with van der Waals surface area (Å²) in [4.78, 5) is 9.45. The van der Waals surface area contributed by atoms with Gasteiger partial charge in [-0.15, -0.1) is 0 Å². The summed E-state index contributed by atoms with van der Waals surface area (Å²) < 4.78 is 0. The number of hydrogen-bond donors (Lipinski definition) is 2. The molecule has 0 aromatic carbocycles. The maximum absolute atomic E-state index is 9.45. The third-order valence-corrected chi connectivity index (χ3v) is 0.357. The summed E-state index contributed by atoms with van der Waals surface area (Å²) >= 11 is 0. The fourth-order valence-electron chi connectivity index (χ4n) is 0. The molecule has 0 rings (SSSR count). The van der Waals surface area contributed by atoms with Crippen LogP contribution in [0.5, 0.6) is 0 Å². The van der Waals surface area contributed by atoms with Crippen molar-refractivity contribution in [1.82, 2.24) is 0 Å². The first-order chi connectivity index (χ1) is 2.64. The largest absolute Gasteiger partial charge is 2.00 e. The van der Waals surface area contributed by atoms with Crippen molar-refractivity contribution in [2.75, 3.05) is 0 Å². The Kier molecular flexibility index (Phi) is 30.7. The molecule has 3 nitrogen and oxygen atoms in total. The molecule has 0 saturated heterocycles. The predicted molar refractivity (Wildman–Crippen MR) is 30.9 cm³/mol. The van der Waals surface area contributed by atoms with Gasteiger partial charge in [-0.1, -0.05) is 0 Å². The van der Waals surface area contributed by atoms with Gasteiger partial charge in [0, 0.05) is 0 Å². The Labute approximate surface area is 109 Å². The van der Waals surface area contributed by atoms with E-state index < -0.39 is 12.1 Å². The molecule has 9 heavy (non-hydrogen) atoms. The number of carboxylic acids is 1. The van der Waals surface area contributed by atoms with Gasteiger partial charge in [-0.25, -0.2) is 4.79 Å². The maximum atomic E-state index is 9.45. The number of aliphatic hydroxyl groups excluding tert-OH is 1. The normalized spacial score (nSPS) is 9.11. The summed E-state index contributed by atoms with van der Waals surface area (Å²) in [6.07, 6.45) is -1.23. The van der Waals surface area contributed by atoms with E-state index in [0.29, 0.717) is 0 Å². The molecule has 0 bridgehead atoms. The van der Waals surface area contributed by atoms with Crippen LogP contribution in [-0.4, -0.2) is 60.0 Å². The monoisotopic (exact) mass is 176 g/mol. The summed E-state index contributed by atoms with van der Waals surface area (Å²) in [5, 5.41) is 15.8. The van der Waals surface area contributed by atoms with Crippen LogP contribution < -0.4 is 29.6 Å². The van der Waals surface area contributed by atoms with Crippen LogP contribution in [0.1, 0.15) is 11.2 Å². The first-order valence-corrected chi connectivity index (χ1v) is 1.55. The van der Waals surface area contributed by atoms with Gasteiger partial charge in [-0.05, 0) is 6.92 Å². The Morgan fingerprint density at radius 1 is 1.67 bits per heavy atom. The Bertz CT molecular complexity index is 79.8. The molecule has 0 fully saturated rings. The van der Waals surface area contributed by atoms with Crippen molar-refractivity contribution in [2.24, 2.45) is 0 Å². The van der Waals surface area contributed by atoms with Crippen molar-refractivity contribution in [3.8, 4) is 0 Å². The van der Waals surface area contributed by atoms with Crippen molar-refractivity contribution < 1.29 is 53.5 Å². The first kappa shape index (κ1) is 22.4. The molecule has 0 spiro atoms. The van der Waals surface area contributed by atoms with Crippen LogP contribution in [0, 0.1) is 0 Å². The van der Waals surface area contributed by atoms with Crippen LogP contribution in [0.2, 0.25) is 0 Å². The average Bonchev–Trinajstić information content (AvgIpc) is 1.36. The molecule has 0 aliphatic rings. The molecule has 6 heteroatoms. The van der Waals surface area contributed by atoms with Gasteiger partial charge in [-0.2, -0.15) is 0 Å². The zero-order chi connectivity index (χ0) is 5.15. The average molecular weight is 176 g/mol. The van der Waals surface area contributed by atoms with E-state index in [0.717, 1.165) is 0 Å². The number of aliphatic carboxylic acids is 1. The Morgan fingerprint density at radius 2 is 1.78 bits per heavy atom. The van der Waals surface area contributed by atoms with Gasteiger partial charge < -0.3 is 14.5 Å². The molecule has 0 saturated carbocycles. The SMILES string of the molecule is CC(O)C(=O)O.F.[Ca+2].[H-].[H-].[H-].[Na+]. The number of hydrogen-bond acceptors (Lipinski definition) is 2. The smallest absolute Gasteiger partial charge is 1.00 e. The topological polar surface area (TPSA) is 57.5 Å². The number of rotatable bonds is 1. The summed E-state index contributed by atoms with van der Waals surface area (Å²) in [5.41, 5.74) is 0. The molecule has 0 amide bonds. The van der Waals surface area contributed by atoms with Crippen LogP contribution in [0.25, 0.3) is 0 Å². The van der Waals surface area contributed by atoms with Gasteiger partial charge in [0.25, 0.3) is 0 Å². The molecule has 50 valence electrons. The molecule has 2 N–H and O–H groups in total. The summed E-state index contributed by atoms with van der Waals surface area (Å²) in [5.74, 6) is -1.19. The maximum Gasteiger partial charge on any atom is 2.00 e. The molecule has 0 radical (unpaired) electrons. The number of carboxylic acid groups (broad SMARTS) is 1. The van der Waals surface area contributed by atoms with Crippen LogP contribution in [0.4, 0.5) is 4.70 Å². The van der Waals surface area contributed by atoms with Crippen molar-refractivity contribution in [2.45, 2.75) is 13.0 Å². The fraction of sp³-hybridized carbons (Fsp3) is 0.667. The summed E-state index contributed by atoms with van der Waals surface area (Å²) in [6, 6.07) is 0. The van der Waals surface area contributed by atoms with Gasteiger partial charge in [0.05, 0.1) is 0 Å². The zero-order valence-corrected chi connectivity index (χ0v) is 9.70. The van der Waals surface area contributed by atoms with Crippen molar-refractivity contribution in [3.05, 3.63) is 0 Å². The van der Waals surface area contributed by atoms with Gasteiger partial charge in [0.2, 0.25) is 0 Å². The molecule has 0 aromatic rings. The van der Waals surface area contributed by atoms with E-state index >= 15 is 0 Å². The molecule has 0 aromatic heterocycles. The quantitative estimate of drug-likeness (QED) is 0.409. The van der Waals surface area contributed by atoms with E-state index in [1.165, 1.54) is 6.92 Å². The minimum absolute atomic E-state index is 0. The van der Waals surface area contributed by atoms with E-state index in [2.05, 4.69) is 0 Å². The van der Waals surface area contributed by atoms with Gasteiger partial charge in [-0.3, -0.25) is 4.70 Å². The van der Waals surface area contributed by atoms with Crippen LogP contribution >= 0.6 is 0 Å². The minimum Gasteiger partial charge on any atom is -1.00 e. The molecular formula is C3H10CaFNaO3. The third-order valence-electron chi connectivity index (χ3n) is 0.357. The predicted octanol–water partition coefficient (Wildman–Crippen LogP) is -3.43. The van der Waals surface area contributed by atoms with Crippen molar-refractivity contribution in [1.29, 1.82) is 0 Å². The second-order valence-corrected chi connectivity index (χ2v) is 1.01. The van der Waals surface area contributed by atoms with Gasteiger partial charge >= 0.3 is 73.3 Å². The fourth-order valence-corrected chi connectivity index (χ4v) is 0. The van der Waals surface area contributed by atoms with Crippen molar-refractivity contribution in [3.63, 3.8) is 0 Å². The Hall–Kier alpha value is 1.62. The summed E-state index contributed by atoms with van der Waals surface area (Å²) in [6.45, 7) is 1.20. The first-order valence-electron chi connectivity index (χ1n) is 1.55. The molecule has 1 unspecified atom stereocenters. The second-order valence-electron chi connectivity index (χ2n) is 1.01. The molecular weight excluding hydrogens is 166 g/mol. The number of aliphatic hydroxyl groups is 1. The molecule has 0 aliphatic carbocycles. The van der Waals surface area contributed by atoms with E-state index in [-0.39, 0.29) is 76.3 Å². The Morgan fingerprint density at radius 3 is 1.78 bits per heavy atom. The third kappa shape index (κ3) is 17.7. The van der Waals surface area contributed by atoms with Gasteiger partial charge in [0.1, 0.15) is 6.10 Å². The van der Waals surface area contributed by atoms with Crippen LogP contribution in [-0.2, 0) is 4.79 Å². The van der Waals surface area contributed by atoms with Crippen molar-refractivity contribution >= 4 is 43.7 Å². The van der Waals surface area contributed by atoms with E-state index in [1.54, 1.807) is 0 Å². The standard InChI is InChI=1S/C3H6O3.Ca.FH.Na.3H/c1-2(4)3(5)6;;;;;;/h2,4H,1H3,(H,5,6);;1H;;;;/q;+2;;+1;3*-1. The summed E-state index contributed by atoms with van der Waals surface area (Å²) in [7, 11) is 0. The number of carbonyl (C=O) groups is 1. The number of halogens is 1. The van der Waals surface area contributed by atoms with Crippen LogP contribution in [0.15, 0.2) is 0 Å². The second kappa shape index (κ2) is 12.3. The Balaban J connectivity index is -0.00000000833.